The highest BCUT2D eigenvalue weighted by Gasteiger charge is 2.38. The topological polar surface area (TPSA) is 15.3 Å². The third-order valence-electron chi connectivity index (χ3n) is 5.00. The van der Waals surface area contributed by atoms with Gasteiger partial charge in [-0.3, -0.25) is 4.90 Å². The van der Waals surface area contributed by atoms with Crippen LogP contribution < -0.4 is 5.32 Å². The van der Waals surface area contributed by atoms with E-state index < -0.39 is 0 Å². The number of hydrogen-bond donors (Lipinski definition) is 1. The Labute approximate surface area is 107 Å². The maximum Gasteiger partial charge on any atom is 0.0105 e. The second-order valence-corrected chi connectivity index (χ2v) is 6.69. The van der Waals surface area contributed by atoms with Crippen LogP contribution in [0.3, 0.4) is 0 Å². The molecule has 1 heterocycles. The Morgan fingerprint density at radius 1 is 1.06 bits per heavy atom. The van der Waals surface area contributed by atoms with Gasteiger partial charge in [-0.1, -0.05) is 27.2 Å². The van der Waals surface area contributed by atoms with Gasteiger partial charge in [0.25, 0.3) is 0 Å². The van der Waals surface area contributed by atoms with E-state index in [0.29, 0.717) is 6.04 Å². The fourth-order valence-corrected chi connectivity index (χ4v) is 3.56. The molecule has 1 aliphatic heterocycles. The summed E-state index contributed by atoms with van der Waals surface area (Å²) in [6, 6.07) is 1.36. The lowest BCUT2D eigenvalue weighted by Gasteiger charge is -2.31. The lowest BCUT2D eigenvalue weighted by molar-refractivity contribution is 0.180. The molecule has 1 aliphatic carbocycles. The molecular weight excluding hydrogens is 208 g/mol. The largest absolute Gasteiger partial charge is 0.314 e. The molecule has 0 aromatic rings. The molecule has 2 fully saturated rings. The molecule has 17 heavy (non-hydrogen) atoms. The van der Waals surface area contributed by atoms with Crippen molar-refractivity contribution in [2.75, 3.05) is 19.6 Å². The van der Waals surface area contributed by atoms with E-state index in [4.69, 9.17) is 0 Å². The third-order valence-corrected chi connectivity index (χ3v) is 5.00. The van der Waals surface area contributed by atoms with E-state index in [9.17, 15) is 0 Å². The van der Waals surface area contributed by atoms with Crippen molar-refractivity contribution in [2.45, 2.75) is 59.0 Å². The Kier molecular flexibility index (Phi) is 4.48. The van der Waals surface area contributed by atoms with Crippen LogP contribution in [-0.4, -0.2) is 36.6 Å². The Morgan fingerprint density at radius 3 is 2.18 bits per heavy atom. The first kappa shape index (κ1) is 13.4. The molecule has 2 rings (SSSR count). The monoisotopic (exact) mass is 238 g/mol. The number of nitrogens with one attached hydrogen (secondary N) is 1. The van der Waals surface area contributed by atoms with Gasteiger partial charge < -0.3 is 5.32 Å². The van der Waals surface area contributed by atoms with Crippen molar-refractivity contribution in [3.63, 3.8) is 0 Å². The maximum absolute atomic E-state index is 3.57. The highest BCUT2D eigenvalue weighted by atomic mass is 15.2. The number of hydrogen-bond acceptors (Lipinski definition) is 2. The molecule has 0 bridgehead atoms. The maximum atomic E-state index is 3.57. The summed E-state index contributed by atoms with van der Waals surface area (Å²) in [5, 5.41) is 3.57. The Hall–Kier alpha value is -0.0800. The summed E-state index contributed by atoms with van der Waals surface area (Å²) in [6.45, 7) is 13.2. The van der Waals surface area contributed by atoms with Gasteiger partial charge in [-0.25, -0.2) is 0 Å². The van der Waals surface area contributed by atoms with Crippen LogP contribution in [0.5, 0.6) is 0 Å². The van der Waals surface area contributed by atoms with E-state index in [2.05, 4.69) is 37.9 Å². The Morgan fingerprint density at radius 2 is 1.65 bits per heavy atom. The van der Waals surface area contributed by atoms with Crippen LogP contribution in [0.1, 0.15) is 47.0 Å². The zero-order chi connectivity index (χ0) is 12.4. The summed E-state index contributed by atoms with van der Waals surface area (Å²) in [4.78, 5) is 2.75. The molecule has 0 aromatic heterocycles. The van der Waals surface area contributed by atoms with Crippen LogP contribution >= 0.6 is 0 Å². The minimum absolute atomic E-state index is 0.614. The zero-order valence-electron chi connectivity index (χ0n) is 12.1. The number of fused-ring (bicyclic) bond motifs is 1. The van der Waals surface area contributed by atoms with Gasteiger partial charge in [0.05, 0.1) is 0 Å². The lowest BCUT2D eigenvalue weighted by atomic mass is 10.0. The number of likely N-dealkylation sites (tertiary alicyclic amines) is 1. The Balaban J connectivity index is 1.78. The number of nitrogens with zero attached hydrogens (tertiary/aromatic N) is 1. The van der Waals surface area contributed by atoms with Gasteiger partial charge in [0.2, 0.25) is 0 Å². The first-order valence-corrected chi connectivity index (χ1v) is 7.55. The summed E-state index contributed by atoms with van der Waals surface area (Å²) in [5.74, 6) is 2.82. The van der Waals surface area contributed by atoms with Crippen molar-refractivity contribution >= 4 is 0 Å². The summed E-state index contributed by atoms with van der Waals surface area (Å²) >= 11 is 0. The molecule has 0 amide bonds. The summed E-state index contributed by atoms with van der Waals surface area (Å²) < 4.78 is 0. The van der Waals surface area contributed by atoms with Crippen molar-refractivity contribution < 1.29 is 0 Å². The fraction of sp³-hybridized carbons (Fsp3) is 1.00. The fourth-order valence-electron chi connectivity index (χ4n) is 3.56. The first-order chi connectivity index (χ1) is 8.08. The highest BCUT2D eigenvalue weighted by Crippen LogP contribution is 2.39. The Bertz CT molecular complexity index is 227. The van der Waals surface area contributed by atoms with Crippen LogP contribution in [0, 0.1) is 17.8 Å². The number of rotatable bonds is 5. The van der Waals surface area contributed by atoms with Gasteiger partial charge in [-0.15, -0.1) is 0 Å². The van der Waals surface area contributed by atoms with E-state index in [0.717, 1.165) is 30.3 Å². The summed E-state index contributed by atoms with van der Waals surface area (Å²) in [6.07, 6.45) is 4.47. The molecule has 1 saturated heterocycles. The molecule has 2 nitrogen and oxygen atoms in total. The van der Waals surface area contributed by atoms with Crippen molar-refractivity contribution in [3.05, 3.63) is 0 Å². The van der Waals surface area contributed by atoms with E-state index in [-0.39, 0.29) is 0 Å². The van der Waals surface area contributed by atoms with Gasteiger partial charge >= 0.3 is 0 Å². The molecule has 4 atom stereocenters. The van der Waals surface area contributed by atoms with Crippen LogP contribution in [0.4, 0.5) is 0 Å². The quantitative estimate of drug-likeness (QED) is 0.792. The van der Waals surface area contributed by atoms with Crippen molar-refractivity contribution in [1.82, 2.24) is 10.2 Å². The van der Waals surface area contributed by atoms with E-state index >= 15 is 0 Å². The molecule has 100 valence electrons. The van der Waals surface area contributed by atoms with Crippen LogP contribution in [0.2, 0.25) is 0 Å². The molecular formula is C15H30N2. The predicted octanol–water partition coefficient (Wildman–Crippen LogP) is 2.74. The van der Waals surface area contributed by atoms with Crippen molar-refractivity contribution in [2.24, 2.45) is 17.8 Å². The molecule has 2 aliphatic rings. The van der Waals surface area contributed by atoms with Crippen LogP contribution in [-0.2, 0) is 0 Å². The van der Waals surface area contributed by atoms with Gasteiger partial charge in [-0.2, -0.15) is 0 Å². The molecule has 2 heteroatoms. The van der Waals surface area contributed by atoms with Gasteiger partial charge in [0, 0.05) is 25.2 Å². The van der Waals surface area contributed by atoms with E-state index in [1.54, 1.807) is 0 Å². The SMILES string of the molecule is CC(C)NCC(C)C(C)N1CC2CCCC2C1. The molecule has 1 saturated carbocycles. The smallest absolute Gasteiger partial charge is 0.0105 e. The lowest BCUT2D eigenvalue weighted by Crippen LogP contribution is -2.41. The van der Waals surface area contributed by atoms with Gasteiger partial charge in [0.1, 0.15) is 0 Å². The summed E-state index contributed by atoms with van der Waals surface area (Å²) in [5.41, 5.74) is 0. The van der Waals surface area contributed by atoms with Crippen molar-refractivity contribution in [3.8, 4) is 0 Å². The molecule has 0 spiro atoms. The molecule has 0 radical (unpaired) electrons. The van der Waals surface area contributed by atoms with E-state index in [1.807, 2.05) is 0 Å². The minimum atomic E-state index is 0.614. The molecule has 0 aromatic carbocycles. The molecule has 1 N–H and O–H groups in total. The van der Waals surface area contributed by atoms with Gasteiger partial charge in [-0.05, 0) is 44.1 Å². The normalized spacial score (nSPS) is 33.0. The van der Waals surface area contributed by atoms with Crippen LogP contribution in [0.15, 0.2) is 0 Å². The predicted molar refractivity (Wildman–Crippen MR) is 74.2 cm³/mol. The third kappa shape index (κ3) is 3.23. The second kappa shape index (κ2) is 5.71. The van der Waals surface area contributed by atoms with Gasteiger partial charge in [0.15, 0.2) is 0 Å². The molecule has 4 unspecified atom stereocenters. The minimum Gasteiger partial charge on any atom is -0.314 e. The first-order valence-electron chi connectivity index (χ1n) is 7.55. The van der Waals surface area contributed by atoms with Crippen LogP contribution in [0.25, 0.3) is 0 Å². The summed E-state index contributed by atoms with van der Waals surface area (Å²) in [7, 11) is 0. The second-order valence-electron chi connectivity index (χ2n) is 6.69. The van der Waals surface area contributed by atoms with Crippen molar-refractivity contribution in [1.29, 1.82) is 0 Å². The standard InChI is InChI=1S/C15H30N2/c1-11(2)16-8-12(3)13(4)17-9-14-6-5-7-15(14)10-17/h11-16H,5-10H2,1-4H3. The average molecular weight is 238 g/mol. The highest BCUT2D eigenvalue weighted by molar-refractivity contribution is 4.91. The zero-order valence-corrected chi connectivity index (χ0v) is 12.1. The van der Waals surface area contributed by atoms with E-state index in [1.165, 1.54) is 32.4 Å². The average Bonchev–Trinajstić information content (AvgIpc) is 2.84.